The zero-order valence-corrected chi connectivity index (χ0v) is 8.86. The zero-order valence-electron chi connectivity index (χ0n) is 7.44. The lowest BCUT2D eigenvalue weighted by atomic mass is 10.3. The molecule has 0 aliphatic carbocycles. The predicted octanol–water partition coefficient (Wildman–Crippen LogP) is 2.80. The van der Waals surface area contributed by atoms with Crippen LogP contribution >= 0.6 is 0 Å². The van der Waals surface area contributed by atoms with Gasteiger partial charge in [-0.05, 0) is 0 Å². The largest absolute Gasteiger partial charge is 0.459 e. The second-order valence-electron chi connectivity index (χ2n) is 3.02. The van der Waals surface area contributed by atoms with Crippen LogP contribution in [0.25, 0.3) is 0 Å². The maximum absolute atomic E-state index is 12.3. The normalized spacial score (nSPS) is 16.2. The molecule has 104 valence electrons. The van der Waals surface area contributed by atoms with Crippen molar-refractivity contribution in [1.82, 2.24) is 0 Å². The van der Waals surface area contributed by atoms with Gasteiger partial charge in [-0.25, -0.2) is 26.3 Å². The third-order valence-electron chi connectivity index (χ3n) is 1.59. The summed E-state index contributed by atoms with van der Waals surface area (Å²) < 4.78 is 130. The third kappa shape index (κ3) is 3.22. The molecule has 0 atom stereocenters. The minimum Gasteiger partial charge on any atom is -0.206 e. The Kier molecular flexibility index (Phi) is 4.14. The first-order valence-electron chi connectivity index (χ1n) is 3.63. The molecule has 0 aromatic heterocycles. The van der Waals surface area contributed by atoms with Crippen LogP contribution in [0.15, 0.2) is 0 Å². The van der Waals surface area contributed by atoms with Crippen molar-refractivity contribution in [3.63, 3.8) is 0 Å². The second kappa shape index (κ2) is 4.28. The number of halogens is 11. The summed E-state index contributed by atoms with van der Waals surface area (Å²) in [6.07, 6.45) is -11.5. The molecule has 0 fully saturated rings. The Labute approximate surface area is 88.6 Å². The molecule has 0 spiro atoms. The molecular weight excluding hydrogens is 297 g/mol. The molecule has 0 aliphatic rings. The number of rotatable bonds is 4. The van der Waals surface area contributed by atoms with Crippen molar-refractivity contribution in [3.8, 4) is 0 Å². The summed E-state index contributed by atoms with van der Waals surface area (Å²) in [5.41, 5.74) is -11.7. The van der Waals surface area contributed by atoms with Crippen LogP contribution in [-0.2, 0) is 0 Å². The third-order valence-corrected chi connectivity index (χ3v) is 3.26. The lowest BCUT2D eigenvalue weighted by molar-refractivity contribution is -0.335. The number of hydrogen-bond donors (Lipinski definition) is 0. The van der Waals surface area contributed by atoms with Crippen LogP contribution in [0.3, 0.4) is 0 Å². The molecule has 0 nitrogen and oxygen atoms in total. The van der Waals surface area contributed by atoms with Crippen LogP contribution < -0.4 is 0 Å². The Morgan fingerprint density at radius 3 is 1.29 bits per heavy atom. The van der Waals surface area contributed by atoms with E-state index in [2.05, 4.69) is 0 Å². The molecule has 17 heavy (non-hydrogen) atoms. The Balaban J connectivity index is 5.17. The molecule has 0 saturated heterocycles. The highest BCUT2D eigenvalue weighted by molar-refractivity contribution is 6.42. The van der Waals surface area contributed by atoms with E-state index < -0.39 is 39.1 Å². The molecule has 0 aliphatic heterocycles. The molecule has 0 N–H and O–H groups in total. The Morgan fingerprint density at radius 1 is 0.706 bits per heavy atom. The van der Waals surface area contributed by atoms with Crippen LogP contribution in [0.1, 0.15) is 0 Å². The van der Waals surface area contributed by atoms with E-state index in [1.165, 1.54) is 0 Å². The van der Waals surface area contributed by atoms with E-state index in [-0.39, 0.29) is 0 Å². The summed E-state index contributed by atoms with van der Waals surface area (Å²) in [6, 6.07) is 0. The van der Waals surface area contributed by atoms with E-state index in [0.717, 1.165) is 0 Å². The van der Waals surface area contributed by atoms with E-state index in [1.807, 2.05) is 0 Å². The van der Waals surface area contributed by atoms with Crippen molar-refractivity contribution in [2.75, 3.05) is 0 Å². The van der Waals surface area contributed by atoms with Crippen LogP contribution in [0.2, 0.25) is 0 Å². The molecule has 0 aromatic rings. The summed E-state index contributed by atoms with van der Waals surface area (Å²) in [5, 5.41) is 0. The smallest absolute Gasteiger partial charge is 0.206 e. The minimum atomic E-state index is -6.79. The summed E-state index contributed by atoms with van der Waals surface area (Å²) >= 11 is 0. The molecule has 12 heteroatoms. The standard InChI is InChI=1S/C5H3F11Si/c6-1(7)2(8,9)17-5(15,16)3(10,11)4(12,13)14/h1H,17H2. The van der Waals surface area contributed by atoms with Crippen molar-refractivity contribution in [2.24, 2.45) is 0 Å². The van der Waals surface area contributed by atoms with Gasteiger partial charge in [0, 0.05) is 0 Å². The molecule has 0 rings (SSSR count). The van der Waals surface area contributed by atoms with Gasteiger partial charge in [0.15, 0.2) is 0 Å². The monoisotopic (exact) mass is 300 g/mol. The van der Waals surface area contributed by atoms with Gasteiger partial charge < -0.3 is 0 Å². The maximum atomic E-state index is 12.3. The van der Waals surface area contributed by atoms with Gasteiger partial charge in [0.05, 0.1) is 0 Å². The van der Waals surface area contributed by atoms with Crippen molar-refractivity contribution in [1.29, 1.82) is 0 Å². The van der Waals surface area contributed by atoms with E-state index in [9.17, 15) is 48.3 Å². The van der Waals surface area contributed by atoms with Gasteiger partial charge in [-0.15, -0.1) is 0 Å². The molecule has 0 radical (unpaired) electrons. The highest BCUT2D eigenvalue weighted by atomic mass is 28.2. The van der Waals surface area contributed by atoms with E-state index in [4.69, 9.17) is 0 Å². The Hall–Kier alpha value is -0.553. The van der Waals surface area contributed by atoms with E-state index in [1.54, 1.807) is 0 Å². The number of hydrogen-bond acceptors (Lipinski definition) is 0. The first-order valence-corrected chi connectivity index (χ1v) is 5.05. The summed E-state index contributed by atoms with van der Waals surface area (Å²) in [7, 11) is -5.05. The van der Waals surface area contributed by atoms with Crippen LogP contribution in [0.4, 0.5) is 48.3 Å². The first-order chi connectivity index (χ1) is 7.15. The Bertz CT molecular complexity index is 266. The summed E-state index contributed by atoms with van der Waals surface area (Å²) in [5.74, 6) is -6.76. The first kappa shape index (κ1) is 16.4. The lowest BCUT2D eigenvalue weighted by Crippen LogP contribution is -2.60. The van der Waals surface area contributed by atoms with E-state index in [0.29, 0.717) is 0 Å². The van der Waals surface area contributed by atoms with Crippen molar-refractivity contribution in [2.45, 2.75) is 29.6 Å². The van der Waals surface area contributed by atoms with Gasteiger partial charge in [-0.3, -0.25) is 0 Å². The van der Waals surface area contributed by atoms with Gasteiger partial charge in [-0.2, -0.15) is 22.0 Å². The SMILES string of the molecule is FC(F)C(F)(F)[SiH2]C(F)(F)C(F)(F)C(F)(F)F. The summed E-state index contributed by atoms with van der Waals surface area (Å²) in [6.45, 7) is 0. The van der Waals surface area contributed by atoms with Gasteiger partial charge in [-0.1, -0.05) is 0 Å². The van der Waals surface area contributed by atoms with Gasteiger partial charge >= 0.3 is 12.1 Å². The van der Waals surface area contributed by atoms with Gasteiger partial charge in [0.2, 0.25) is 9.52 Å². The fourth-order valence-corrected chi connectivity index (χ4v) is 1.86. The zero-order chi connectivity index (χ0) is 14.3. The highest BCUT2D eigenvalue weighted by Crippen LogP contribution is 2.47. The van der Waals surface area contributed by atoms with Crippen molar-refractivity contribution in [3.05, 3.63) is 0 Å². The minimum absolute atomic E-state index is 4.72. The highest BCUT2D eigenvalue weighted by Gasteiger charge is 2.75. The maximum Gasteiger partial charge on any atom is 0.459 e. The molecule has 0 heterocycles. The van der Waals surface area contributed by atoms with Crippen LogP contribution in [0, 0.1) is 0 Å². The lowest BCUT2D eigenvalue weighted by Gasteiger charge is -2.30. The molecular formula is C5H3F11Si. The van der Waals surface area contributed by atoms with Crippen molar-refractivity contribution >= 4 is 9.52 Å². The second-order valence-corrected chi connectivity index (χ2v) is 5.20. The summed E-state index contributed by atoms with van der Waals surface area (Å²) in [4.78, 5) is 0. The topological polar surface area (TPSA) is 0 Å². The molecule has 0 bridgehead atoms. The molecule has 0 saturated carbocycles. The quantitative estimate of drug-likeness (QED) is 0.553. The number of alkyl halides is 11. The van der Waals surface area contributed by atoms with E-state index >= 15 is 0 Å². The fourth-order valence-electron chi connectivity index (χ4n) is 0.692. The molecule has 0 aromatic carbocycles. The average Bonchev–Trinajstić information content (AvgIpc) is 1.98. The predicted molar refractivity (Wildman–Crippen MR) is 35.4 cm³/mol. The molecule has 0 unspecified atom stereocenters. The van der Waals surface area contributed by atoms with Gasteiger partial charge in [0.25, 0.3) is 17.5 Å². The van der Waals surface area contributed by atoms with Crippen LogP contribution in [0.5, 0.6) is 0 Å². The Morgan fingerprint density at radius 2 is 1.06 bits per heavy atom. The molecule has 0 amide bonds. The fraction of sp³-hybridized carbons (Fsp3) is 1.00. The van der Waals surface area contributed by atoms with Gasteiger partial charge in [0.1, 0.15) is 0 Å². The van der Waals surface area contributed by atoms with Crippen molar-refractivity contribution < 1.29 is 48.3 Å². The average molecular weight is 300 g/mol. The van der Waals surface area contributed by atoms with Crippen LogP contribution in [-0.4, -0.2) is 39.1 Å².